The van der Waals surface area contributed by atoms with E-state index in [4.69, 9.17) is 14.9 Å². The van der Waals surface area contributed by atoms with Crippen LogP contribution in [0.5, 0.6) is 0 Å². The van der Waals surface area contributed by atoms with Crippen LogP contribution in [0.3, 0.4) is 0 Å². The first-order valence-electron chi connectivity index (χ1n) is 7.18. The van der Waals surface area contributed by atoms with Crippen molar-refractivity contribution in [1.29, 1.82) is 0 Å². The molecule has 6 heteroatoms. The Balaban J connectivity index is 1.56. The fourth-order valence-electron chi connectivity index (χ4n) is 3.22. The summed E-state index contributed by atoms with van der Waals surface area (Å²) in [7, 11) is 0. The molecule has 110 valence electrons. The van der Waals surface area contributed by atoms with Gasteiger partial charge < -0.3 is 19.8 Å². The van der Waals surface area contributed by atoms with Gasteiger partial charge in [-0.15, -0.1) is 0 Å². The number of hydrogen-bond donors (Lipinski definition) is 1. The fraction of sp³-hybridized carbons (Fsp3) is 0.467. The predicted molar refractivity (Wildman–Crippen MR) is 77.2 cm³/mol. The molecular formula is C15H17N3O3. The van der Waals surface area contributed by atoms with E-state index in [-0.39, 0.29) is 0 Å². The maximum atomic E-state index is 11.2. The lowest BCUT2D eigenvalue weighted by molar-refractivity contribution is -0.00173. The highest BCUT2D eigenvalue weighted by atomic mass is 16.5. The van der Waals surface area contributed by atoms with Crippen molar-refractivity contribution in [3.8, 4) is 0 Å². The molecule has 0 unspecified atom stereocenters. The van der Waals surface area contributed by atoms with Gasteiger partial charge in [0.05, 0.1) is 0 Å². The number of nitrogens with zero attached hydrogens (tertiary/aromatic N) is 2. The van der Waals surface area contributed by atoms with E-state index in [0.29, 0.717) is 28.1 Å². The van der Waals surface area contributed by atoms with Crippen LogP contribution in [-0.2, 0) is 4.74 Å². The lowest BCUT2D eigenvalue weighted by atomic mass is 9.74. The number of nitrogens with two attached hydrogens (primary N) is 1. The van der Waals surface area contributed by atoms with Gasteiger partial charge in [0, 0.05) is 37.3 Å². The number of hydrogen-bond acceptors (Lipinski definition) is 5. The second-order valence-corrected chi connectivity index (χ2v) is 6.01. The van der Waals surface area contributed by atoms with E-state index in [1.54, 1.807) is 18.2 Å². The molecule has 4 rings (SSSR count). The molecule has 21 heavy (non-hydrogen) atoms. The van der Waals surface area contributed by atoms with Crippen molar-refractivity contribution in [3.63, 3.8) is 0 Å². The van der Waals surface area contributed by atoms with Gasteiger partial charge in [-0.25, -0.2) is 0 Å². The lowest BCUT2D eigenvalue weighted by Gasteiger charge is -2.51. The van der Waals surface area contributed by atoms with E-state index in [1.807, 2.05) is 0 Å². The molecule has 1 amide bonds. The third kappa shape index (κ3) is 2.06. The summed E-state index contributed by atoms with van der Waals surface area (Å²) in [5.41, 5.74) is 7.46. The molecule has 0 radical (unpaired) electrons. The molecule has 0 atom stereocenters. The number of benzene rings is 1. The maximum Gasteiger partial charge on any atom is 0.298 e. The van der Waals surface area contributed by atoms with Crippen molar-refractivity contribution in [3.05, 3.63) is 23.8 Å². The Morgan fingerprint density at radius 2 is 2.05 bits per heavy atom. The highest BCUT2D eigenvalue weighted by Crippen LogP contribution is 2.42. The Morgan fingerprint density at radius 3 is 2.76 bits per heavy atom. The molecule has 2 aromatic rings. The Bertz CT molecular complexity index is 695. The Labute approximate surface area is 121 Å². The van der Waals surface area contributed by atoms with Gasteiger partial charge in [-0.2, -0.15) is 4.98 Å². The number of rotatable bonds is 2. The Kier molecular flexibility index (Phi) is 2.68. The molecule has 2 aliphatic rings. The highest BCUT2D eigenvalue weighted by Gasteiger charge is 2.45. The van der Waals surface area contributed by atoms with Gasteiger partial charge in [0.15, 0.2) is 5.58 Å². The van der Waals surface area contributed by atoms with Crippen molar-refractivity contribution in [2.45, 2.75) is 12.8 Å². The number of oxazole rings is 1. The molecule has 2 aliphatic heterocycles. The van der Waals surface area contributed by atoms with E-state index >= 15 is 0 Å². The monoisotopic (exact) mass is 287 g/mol. The van der Waals surface area contributed by atoms with Crippen molar-refractivity contribution in [2.75, 3.05) is 31.2 Å². The molecule has 0 bridgehead atoms. The smallest absolute Gasteiger partial charge is 0.298 e. The van der Waals surface area contributed by atoms with Crippen LogP contribution in [0.1, 0.15) is 23.2 Å². The zero-order chi connectivity index (χ0) is 14.4. The molecule has 6 nitrogen and oxygen atoms in total. The number of fused-ring (bicyclic) bond motifs is 1. The first-order valence-corrected chi connectivity index (χ1v) is 7.18. The number of primary amides is 1. The van der Waals surface area contributed by atoms with Gasteiger partial charge >= 0.3 is 0 Å². The topological polar surface area (TPSA) is 81.6 Å². The third-order valence-corrected chi connectivity index (χ3v) is 4.54. The Morgan fingerprint density at radius 1 is 1.29 bits per heavy atom. The SMILES string of the molecule is NC(=O)c1ccc2oc(N3CC4(CCOCC4)C3)nc2c1. The number of anilines is 1. The summed E-state index contributed by atoms with van der Waals surface area (Å²) >= 11 is 0. The van der Waals surface area contributed by atoms with Crippen LogP contribution in [0.2, 0.25) is 0 Å². The molecule has 1 spiro atoms. The summed E-state index contributed by atoms with van der Waals surface area (Å²) in [6.07, 6.45) is 2.21. The van der Waals surface area contributed by atoms with Crippen molar-refractivity contribution in [2.24, 2.45) is 11.1 Å². The maximum absolute atomic E-state index is 11.2. The molecule has 2 fully saturated rings. The van der Waals surface area contributed by atoms with Gasteiger partial charge in [-0.05, 0) is 31.0 Å². The molecule has 2 saturated heterocycles. The molecule has 2 N–H and O–H groups in total. The van der Waals surface area contributed by atoms with Crippen LogP contribution >= 0.6 is 0 Å². The quantitative estimate of drug-likeness (QED) is 0.906. The van der Waals surface area contributed by atoms with Crippen LogP contribution in [-0.4, -0.2) is 37.2 Å². The van der Waals surface area contributed by atoms with Crippen molar-refractivity contribution in [1.82, 2.24) is 4.98 Å². The number of carbonyl (C=O) groups is 1. The second kappa shape index (κ2) is 4.46. The van der Waals surface area contributed by atoms with Crippen molar-refractivity contribution >= 4 is 23.0 Å². The van der Waals surface area contributed by atoms with E-state index in [1.165, 1.54) is 0 Å². The average Bonchev–Trinajstić information content (AvgIpc) is 2.87. The zero-order valence-electron chi connectivity index (χ0n) is 11.7. The molecule has 1 aromatic carbocycles. The largest absolute Gasteiger partial charge is 0.423 e. The molecular weight excluding hydrogens is 270 g/mol. The van der Waals surface area contributed by atoms with Gasteiger partial charge in [0.2, 0.25) is 5.91 Å². The van der Waals surface area contributed by atoms with E-state index < -0.39 is 5.91 Å². The van der Waals surface area contributed by atoms with Gasteiger partial charge in [0.1, 0.15) is 5.52 Å². The summed E-state index contributed by atoms with van der Waals surface area (Å²) in [6.45, 7) is 3.63. The standard InChI is InChI=1S/C15H17N3O3/c16-13(19)10-1-2-12-11(7-10)17-14(21-12)18-8-15(9-18)3-5-20-6-4-15/h1-2,7H,3-6,8-9H2,(H2,16,19). The number of ether oxygens (including phenoxy) is 1. The minimum Gasteiger partial charge on any atom is -0.423 e. The minimum absolute atomic E-state index is 0.372. The Hall–Kier alpha value is -2.08. The average molecular weight is 287 g/mol. The van der Waals surface area contributed by atoms with Crippen LogP contribution in [0.4, 0.5) is 6.01 Å². The van der Waals surface area contributed by atoms with Gasteiger partial charge in [0.25, 0.3) is 6.01 Å². The number of carbonyl (C=O) groups excluding carboxylic acids is 1. The highest BCUT2D eigenvalue weighted by molar-refractivity contribution is 5.96. The van der Waals surface area contributed by atoms with E-state index in [0.717, 1.165) is 39.1 Å². The first-order chi connectivity index (χ1) is 10.2. The zero-order valence-corrected chi connectivity index (χ0v) is 11.7. The van der Waals surface area contributed by atoms with Crippen LogP contribution in [0.15, 0.2) is 22.6 Å². The first kappa shape index (κ1) is 12.6. The number of amides is 1. The predicted octanol–water partition coefficient (Wildman–Crippen LogP) is 1.54. The van der Waals surface area contributed by atoms with Gasteiger partial charge in [-0.1, -0.05) is 0 Å². The van der Waals surface area contributed by atoms with Crippen molar-refractivity contribution < 1.29 is 13.9 Å². The normalized spacial score (nSPS) is 20.7. The van der Waals surface area contributed by atoms with E-state index in [2.05, 4.69) is 9.88 Å². The molecule has 0 aliphatic carbocycles. The van der Waals surface area contributed by atoms with E-state index in [9.17, 15) is 4.79 Å². The van der Waals surface area contributed by atoms with Crippen LogP contribution in [0, 0.1) is 5.41 Å². The number of aromatic nitrogens is 1. The van der Waals surface area contributed by atoms with Gasteiger partial charge in [-0.3, -0.25) is 4.79 Å². The fourth-order valence-corrected chi connectivity index (χ4v) is 3.22. The minimum atomic E-state index is -0.452. The summed E-state index contributed by atoms with van der Waals surface area (Å²) in [4.78, 5) is 17.8. The molecule has 3 heterocycles. The van der Waals surface area contributed by atoms with Crippen LogP contribution < -0.4 is 10.6 Å². The van der Waals surface area contributed by atoms with Crippen LogP contribution in [0.25, 0.3) is 11.1 Å². The summed E-state index contributed by atoms with van der Waals surface area (Å²) in [5, 5.41) is 0. The third-order valence-electron chi connectivity index (χ3n) is 4.54. The summed E-state index contributed by atoms with van der Waals surface area (Å²) < 4.78 is 11.2. The summed E-state index contributed by atoms with van der Waals surface area (Å²) in [5.74, 6) is -0.452. The summed E-state index contributed by atoms with van der Waals surface area (Å²) in [6, 6.07) is 5.71. The lowest BCUT2D eigenvalue weighted by Crippen LogP contribution is -2.58. The molecule has 1 aromatic heterocycles. The molecule has 0 saturated carbocycles. The second-order valence-electron chi connectivity index (χ2n) is 6.01.